The summed E-state index contributed by atoms with van der Waals surface area (Å²) in [4.78, 5) is 0. The predicted molar refractivity (Wildman–Crippen MR) is 61.0 cm³/mol. The third-order valence-electron chi connectivity index (χ3n) is 2.11. The van der Waals surface area contributed by atoms with Crippen LogP contribution in [0.5, 0.6) is 0 Å². The van der Waals surface area contributed by atoms with E-state index in [1.165, 1.54) is 0 Å². The topological polar surface area (TPSA) is 12.0 Å². The molecule has 0 fully saturated rings. The molecule has 0 aliphatic heterocycles. The van der Waals surface area contributed by atoms with Gasteiger partial charge in [0.15, 0.2) is 17.5 Å². The first-order valence-corrected chi connectivity index (χ1v) is 6.29. The monoisotopic (exact) mass is 249 g/mol. The summed E-state index contributed by atoms with van der Waals surface area (Å²) in [6.07, 6.45) is 1.98. The van der Waals surface area contributed by atoms with E-state index in [-0.39, 0.29) is 6.04 Å². The van der Waals surface area contributed by atoms with Crippen LogP contribution in [0.4, 0.5) is 13.2 Å². The van der Waals surface area contributed by atoms with E-state index in [0.29, 0.717) is 12.1 Å². The highest BCUT2D eigenvalue weighted by Crippen LogP contribution is 2.13. The molecule has 1 aromatic rings. The molecule has 0 saturated heterocycles. The Kier molecular flexibility index (Phi) is 5.15. The zero-order valence-corrected chi connectivity index (χ0v) is 10.0. The molecule has 90 valence electrons. The molecule has 0 saturated carbocycles. The predicted octanol–water partition coefficient (Wildman–Crippen LogP) is 2.95. The zero-order valence-electron chi connectivity index (χ0n) is 9.19. The summed E-state index contributed by atoms with van der Waals surface area (Å²) in [5, 5.41) is 3.10. The lowest BCUT2D eigenvalue weighted by Crippen LogP contribution is -2.27. The fraction of sp³-hybridized carbons (Fsp3) is 0.455. The van der Waals surface area contributed by atoms with Crippen LogP contribution in [0.25, 0.3) is 0 Å². The first-order valence-electron chi connectivity index (χ1n) is 4.90. The molecule has 1 rings (SSSR count). The molecule has 0 aromatic heterocycles. The minimum absolute atomic E-state index is 0.242. The lowest BCUT2D eigenvalue weighted by Gasteiger charge is -2.12. The first-order chi connectivity index (χ1) is 7.54. The Balaban J connectivity index is 2.61. The van der Waals surface area contributed by atoms with Gasteiger partial charge in [0.1, 0.15) is 0 Å². The summed E-state index contributed by atoms with van der Waals surface area (Å²) in [5.74, 6) is -2.80. The van der Waals surface area contributed by atoms with Crippen LogP contribution < -0.4 is 5.32 Å². The van der Waals surface area contributed by atoms with Crippen LogP contribution in [-0.4, -0.2) is 18.1 Å². The van der Waals surface area contributed by atoms with Crippen molar-refractivity contribution in [2.75, 3.05) is 12.0 Å². The maximum Gasteiger partial charge on any atom is 0.194 e. The Morgan fingerprint density at radius 2 is 1.81 bits per heavy atom. The third-order valence-corrected chi connectivity index (χ3v) is 2.95. The number of rotatable bonds is 5. The summed E-state index contributed by atoms with van der Waals surface area (Å²) in [7, 11) is 0. The fourth-order valence-corrected chi connectivity index (χ4v) is 1.93. The minimum atomic E-state index is -1.42. The molecule has 5 heteroatoms. The van der Waals surface area contributed by atoms with Gasteiger partial charge in [0.25, 0.3) is 0 Å². The van der Waals surface area contributed by atoms with Crippen molar-refractivity contribution in [3.63, 3.8) is 0 Å². The van der Waals surface area contributed by atoms with Crippen molar-refractivity contribution in [1.82, 2.24) is 5.32 Å². The van der Waals surface area contributed by atoms with Gasteiger partial charge in [-0.15, -0.1) is 0 Å². The summed E-state index contributed by atoms with van der Waals surface area (Å²) in [6.45, 7) is 2.31. The van der Waals surface area contributed by atoms with Crippen molar-refractivity contribution in [2.45, 2.75) is 19.5 Å². The van der Waals surface area contributed by atoms with Crippen molar-refractivity contribution in [3.05, 3.63) is 35.1 Å². The second-order valence-electron chi connectivity index (χ2n) is 3.61. The molecule has 1 atom stereocenters. The molecular formula is C11H14F3NS. The molecule has 0 amide bonds. The van der Waals surface area contributed by atoms with E-state index in [4.69, 9.17) is 0 Å². The van der Waals surface area contributed by atoms with Gasteiger partial charge in [-0.3, -0.25) is 0 Å². The van der Waals surface area contributed by atoms with Gasteiger partial charge in [0.2, 0.25) is 0 Å². The Morgan fingerprint density at radius 3 is 2.31 bits per heavy atom. The van der Waals surface area contributed by atoms with Gasteiger partial charge in [0.05, 0.1) is 0 Å². The maximum atomic E-state index is 12.9. The molecule has 0 spiro atoms. The van der Waals surface area contributed by atoms with Crippen LogP contribution in [-0.2, 0) is 6.54 Å². The summed E-state index contributed by atoms with van der Waals surface area (Å²) < 4.78 is 38.4. The minimum Gasteiger partial charge on any atom is -0.309 e. The molecule has 0 radical (unpaired) electrons. The number of thioether (sulfide) groups is 1. The molecule has 0 heterocycles. The number of hydrogen-bond acceptors (Lipinski definition) is 2. The average Bonchev–Trinajstić information content (AvgIpc) is 2.23. The molecule has 0 bridgehead atoms. The standard InChI is InChI=1S/C11H14F3NS/c1-7(6-16-2)15-5-8-3-9(12)11(14)10(13)4-8/h3-4,7,15H,5-6H2,1-2H3. The van der Waals surface area contributed by atoms with Crippen molar-refractivity contribution in [1.29, 1.82) is 0 Å². The van der Waals surface area contributed by atoms with E-state index in [0.717, 1.165) is 17.9 Å². The van der Waals surface area contributed by atoms with Gasteiger partial charge in [-0.2, -0.15) is 11.8 Å². The van der Waals surface area contributed by atoms with E-state index < -0.39 is 17.5 Å². The Labute approximate surface area is 97.4 Å². The highest BCUT2D eigenvalue weighted by atomic mass is 32.2. The van der Waals surface area contributed by atoms with Gasteiger partial charge in [-0.1, -0.05) is 0 Å². The smallest absolute Gasteiger partial charge is 0.194 e. The van der Waals surface area contributed by atoms with E-state index in [1.54, 1.807) is 11.8 Å². The number of benzene rings is 1. The third kappa shape index (κ3) is 3.72. The highest BCUT2D eigenvalue weighted by molar-refractivity contribution is 7.98. The van der Waals surface area contributed by atoms with Crippen molar-refractivity contribution in [3.8, 4) is 0 Å². The summed E-state index contributed by atoms with van der Waals surface area (Å²) in [5.41, 5.74) is 0.407. The van der Waals surface area contributed by atoms with Gasteiger partial charge < -0.3 is 5.32 Å². The van der Waals surface area contributed by atoms with Crippen molar-refractivity contribution in [2.24, 2.45) is 0 Å². The Hall–Kier alpha value is -0.680. The largest absolute Gasteiger partial charge is 0.309 e. The summed E-state index contributed by atoms with van der Waals surface area (Å²) in [6, 6.07) is 2.26. The van der Waals surface area contributed by atoms with Crippen LogP contribution in [0.2, 0.25) is 0 Å². The van der Waals surface area contributed by atoms with Crippen LogP contribution in [0.15, 0.2) is 12.1 Å². The molecule has 1 nitrogen and oxygen atoms in total. The van der Waals surface area contributed by atoms with Crippen LogP contribution >= 0.6 is 11.8 Å². The quantitative estimate of drug-likeness (QED) is 0.805. The number of hydrogen-bond donors (Lipinski definition) is 1. The van der Waals surface area contributed by atoms with E-state index >= 15 is 0 Å². The molecule has 1 N–H and O–H groups in total. The lowest BCUT2D eigenvalue weighted by atomic mass is 10.2. The van der Waals surface area contributed by atoms with Crippen molar-refractivity contribution >= 4 is 11.8 Å². The number of nitrogens with one attached hydrogen (secondary N) is 1. The van der Waals surface area contributed by atoms with Crippen LogP contribution in [0, 0.1) is 17.5 Å². The SMILES string of the molecule is CSCC(C)NCc1cc(F)c(F)c(F)c1. The Bertz CT molecular complexity index is 334. The first kappa shape index (κ1) is 13.4. The van der Waals surface area contributed by atoms with Crippen LogP contribution in [0.3, 0.4) is 0 Å². The molecule has 0 aliphatic rings. The van der Waals surface area contributed by atoms with Crippen LogP contribution in [0.1, 0.15) is 12.5 Å². The Morgan fingerprint density at radius 1 is 1.25 bits per heavy atom. The molecule has 1 aromatic carbocycles. The molecular weight excluding hydrogens is 235 g/mol. The fourth-order valence-electron chi connectivity index (χ4n) is 1.31. The highest BCUT2D eigenvalue weighted by Gasteiger charge is 2.10. The summed E-state index contributed by atoms with van der Waals surface area (Å²) >= 11 is 1.68. The van der Waals surface area contributed by atoms with Gasteiger partial charge in [-0.05, 0) is 30.9 Å². The zero-order chi connectivity index (χ0) is 12.1. The molecule has 0 aliphatic carbocycles. The van der Waals surface area contributed by atoms with E-state index in [9.17, 15) is 13.2 Å². The van der Waals surface area contributed by atoms with E-state index in [1.807, 2.05) is 13.2 Å². The molecule has 1 unspecified atom stereocenters. The van der Waals surface area contributed by atoms with Gasteiger partial charge in [-0.25, -0.2) is 13.2 Å². The normalized spacial score (nSPS) is 12.8. The lowest BCUT2D eigenvalue weighted by molar-refractivity contribution is 0.443. The van der Waals surface area contributed by atoms with Gasteiger partial charge in [0, 0.05) is 18.3 Å². The van der Waals surface area contributed by atoms with Crippen molar-refractivity contribution < 1.29 is 13.2 Å². The van der Waals surface area contributed by atoms with Gasteiger partial charge >= 0.3 is 0 Å². The van der Waals surface area contributed by atoms with E-state index in [2.05, 4.69) is 5.32 Å². The maximum absolute atomic E-state index is 12.9. The second kappa shape index (κ2) is 6.15. The average molecular weight is 249 g/mol. The number of halogens is 3. The second-order valence-corrected chi connectivity index (χ2v) is 4.52. The molecule has 16 heavy (non-hydrogen) atoms.